The van der Waals surface area contributed by atoms with E-state index in [1.165, 1.54) is 89.9 Å². The van der Waals surface area contributed by atoms with Gasteiger partial charge in [0.15, 0.2) is 0 Å². The summed E-state index contributed by atoms with van der Waals surface area (Å²) in [4.78, 5) is 44.3. The number of unbranched alkanes of at least 4 members (excludes halogenated alkanes) is 20. The smallest absolute Gasteiger partial charge is 0.342 e. The number of barbiturate groups is 1. The molecule has 0 aliphatic carbocycles. The van der Waals surface area contributed by atoms with Gasteiger partial charge in [-0.15, -0.1) is 0 Å². The molecule has 1 fully saturated rings. The Morgan fingerprint density at radius 2 is 0.702 bits per heavy atom. The summed E-state index contributed by atoms with van der Waals surface area (Å²) in [7, 11) is 0. The maximum Gasteiger partial charge on any atom is 0.342 e. The van der Waals surface area contributed by atoms with Gasteiger partial charge < -0.3 is 18.9 Å². The summed E-state index contributed by atoms with van der Waals surface area (Å²) in [6, 6.07) is 9.84. The van der Waals surface area contributed by atoms with Crippen molar-refractivity contribution in [1.29, 1.82) is 0 Å². The Kier molecular flexibility index (Phi) is 24.6. The molecule has 1 aliphatic rings. The van der Waals surface area contributed by atoms with Crippen molar-refractivity contribution in [3.8, 4) is 23.0 Å². The van der Waals surface area contributed by atoms with E-state index in [1.807, 2.05) is 12.1 Å². The first-order valence-electron chi connectivity index (χ1n) is 22.9. The molecule has 0 aromatic heterocycles. The molecule has 0 saturated carbocycles. The number of rotatable bonds is 34. The van der Waals surface area contributed by atoms with E-state index in [2.05, 4.69) is 27.7 Å². The van der Waals surface area contributed by atoms with Crippen LogP contribution in [0.5, 0.6) is 23.0 Å². The molecular weight excluding hydrogens is 717 g/mol. The van der Waals surface area contributed by atoms with Crippen LogP contribution in [0.2, 0.25) is 0 Å². The van der Waals surface area contributed by atoms with Crippen LogP contribution in [-0.2, 0) is 9.59 Å². The quantitative estimate of drug-likeness (QED) is 0.0514. The lowest BCUT2D eigenvalue weighted by Gasteiger charge is -2.34. The normalized spacial score (nSPS) is 13.1. The first-order valence-corrected chi connectivity index (χ1v) is 22.9. The molecule has 1 aliphatic heterocycles. The second-order valence-electron chi connectivity index (χ2n) is 15.6. The molecule has 9 heteroatoms. The summed E-state index contributed by atoms with van der Waals surface area (Å²) >= 11 is 0. The first-order chi connectivity index (χ1) is 27.9. The van der Waals surface area contributed by atoms with Gasteiger partial charge in [-0.25, -0.2) is 14.6 Å². The largest absolute Gasteiger partial charge is 0.494 e. The van der Waals surface area contributed by atoms with Crippen LogP contribution in [0.1, 0.15) is 188 Å². The van der Waals surface area contributed by atoms with Gasteiger partial charge >= 0.3 is 6.03 Å². The van der Waals surface area contributed by atoms with Crippen molar-refractivity contribution in [2.45, 2.75) is 188 Å². The van der Waals surface area contributed by atoms with Crippen LogP contribution in [0.15, 0.2) is 36.4 Å². The van der Waals surface area contributed by atoms with Crippen molar-refractivity contribution in [2.24, 2.45) is 0 Å². The summed E-state index contributed by atoms with van der Waals surface area (Å²) in [6.07, 6.45) is 26.5. The van der Waals surface area contributed by atoms with Crippen LogP contribution in [0, 0.1) is 0 Å². The van der Waals surface area contributed by atoms with Gasteiger partial charge in [-0.05, 0) is 49.9 Å². The average molecular weight is 793 g/mol. The minimum atomic E-state index is -0.772. The molecule has 57 heavy (non-hydrogen) atoms. The highest BCUT2D eigenvalue weighted by molar-refractivity contribution is 6.36. The number of ether oxygens (including phenoxy) is 4. The predicted molar refractivity (Wildman–Crippen MR) is 233 cm³/mol. The number of hydrogen-bond acceptors (Lipinski definition) is 7. The fraction of sp³-hybridized carbons (Fsp3) is 0.688. The Morgan fingerprint density at radius 3 is 1.04 bits per heavy atom. The Bertz CT molecular complexity index is 1330. The van der Waals surface area contributed by atoms with Gasteiger partial charge in [0.25, 0.3) is 0 Å². The van der Waals surface area contributed by atoms with Crippen molar-refractivity contribution >= 4 is 29.2 Å². The predicted octanol–water partition coefficient (Wildman–Crippen LogP) is 13.5. The summed E-state index contributed by atoms with van der Waals surface area (Å²) in [5, 5.41) is 0. The summed E-state index contributed by atoms with van der Waals surface area (Å²) in [5.41, 5.74) is 0.554. The van der Waals surface area contributed by atoms with E-state index in [-0.39, 0.29) is 11.4 Å². The standard InChI is InChI=1S/C48H76N2O7/c1-5-9-13-17-21-25-33-54-40-29-31-44(56-35-27-23-19-15-11-7-3)42(37-40)49-46(51)39-47(52)50(48(49)53)43-38-41(55-34-26-22-18-14-10-6-2)30-32-45(43)57-36-28-24-20-16-12-8-4/h29-32,37-38H,5-28,33-36,39H2,1-4H3. The van der Waals surface area contributed by atoms with Crippen LogP contribution >= 0.6 is 0 Å². The van der Waals surface area contributed by atoms with Gasteiger partial charge in [0.1, 0.15) is 29.4 Å². The van der Waals surface area contributed by atoms with Crippen LogP contribution in [0.25, 0.3) is 0 Å². The molecule has 0 N–H and O–H groups in total. The number of nitrogens with zero attached hydrogens (tertiary/aromatic N) is 2. The van der Waals surface area contributed by atoms with E-state index < -0.39 is 24.3 Å². The summed E-state index contributed by atoms with van der Waals surface area (Å²) in [5.74, 6) is 0.682. The zero-order valence-electron chi connectivity index (χ0n) is 36.2. The highest BCUT2D eigenvalue weighted by Gasteiger charge is 2.42. The van der Waals surface area contributed by atoms with Gasteiger partial charge in [0.05, 0.1) is 37.8 Å². The molecule has 0 atom stereocenters. The second kappa shape index (κ2) is 29.5. The Morgan fingerprint density at radius 1 is 0.404 bits per heavy atom. The van der Waals surface area contributed by atoms with Gasteiger partial charge in [-0.3, -0.25) is 9.59 Å². The molecule has 320 valence electrons. The van der Waals surface area contributed by atoms with E-state index >= 15 is 0 Å². The number of urea groups is 1. The van der Waals surface area contributed by atoms with Crippen molar-refractivity contribution < 1.29 is 33.3 Å². The van der Waals surface area contributed by atoms with Crippen molar-refractivity contribution in [1.82, 2.24) is 0 Å². The van der Waals surface area contributed by atoms with Crippen LogP contribution in [0.4, 0.5) is 16.2 Å². The van der Waals surface area contributed by atoms with Gasteiger partial charge in [0, 0.05) is 12.1 Å². The molecule has 4 amide bonds. The molecule has 3 rings (SSSR count). The summed E-state index contributed by atoms with van der Waals surface area (Å²) < 4.78 is 24.9. The van der Waals surface area contributed by atoms with Crippen LogP contribution < -0.4 is 28.7 Å². The van der Waals surface area contributed by atoms with E-state index in [0.29, 0.717) is 49.4 Å². The van der Waals surface area contributed by atoms with E-state index in [1.54, 1.807) is 24.3 Å². The monoisotopic (exact) mass is 793 g/mol. The highest BCUT2D eigenvalue weighted by Crippen LogP contribution is 2.40. The molecule has 1 heterocycles. The van der Waals surface area contributed by atoms with Gasteiger partial charge in [-0.2, -0.15) is 0 Å². The van der Waals surface area contributed by atoms with Crippen molar-refractivity contribution in [3.63, 3.8) is 0 Å². The zero-order valence-corrected chi connectivity index (χ0v) is 36.2. The SMILES string of the molecule is CCCCCCCCOc1ccc(OCCCCCCCC)c(N2C(=O)CC(=O)N(c3cc(OCCCCCCCC)ccc3OCCCCCCCC)C2=O)c1. The average Bonchev–Trinajstić information content (AvgIpc) is 3.20. The highest BCUT2D eigenvalue weighted by atomic mass is 16.5. The molecule has 0 bridgehead atoms. The van der Waals surface area contributed by atoms with Crippen LogP contribution in [0.3, 0.4) is 0 Å². The summed E-state index contributed by atoms with van der Waals surface area (Å²) in [6.45, 7) is 10.8. The molecule has 1 saturated heterocycles. The zero-order chi connectivity index (χ0) is 40.9. The Hall–Kier alpha value is -3.75. The van der Waals surface area contributed by atoms with E-state index in [4.69, 9.17) is 18.9 Å². The fourth-order valence-electron chi connectivity index (χ4n) is 7.12. The van der Waals surface area contributed by atoms with E-state index in [9.17, 15) is 14.4 Å². The maximum atomic E-state index is 14.6. The molecule has 2 aromatic rings. The second-order valence-corrected chi connectivity index (χ2v) is 15.6. The number of carbonyl (C=O) groups is 3. The third-order valence-electron chi connectivity index (χ3n) is 10.6. The number of amides is 4. The van der Waals surface area contributed by atoms with Crippen molar-refractivity contribution in [2.75, 3.05) is 36.2 Å². The minimum Gasteiger partial charge on any atom is -0.494 e. The number of benzene rings is 2. The number of carbonyl (C=O) groups excluding carboxylic acids is 3. The van der Waals surface area contributed by atoms with Crippen LogP contribution in [-0.4, -0.2) is 44.3 Å². The molecule has 0 unspecified atom stereocenters. The number of anilines is 2. The third kappa shape index (κ3) is 17.7. The number of imide groups is 2. The Balaban J connectivity index is 1.87. The first kappa shape index (κ1) is 47.6. The van der Waals surface area contributed by atoms with Gasteiger partial charge in [-0.1, -0.05) is 156 Å². The fourth-order valence-corrected chi connectivity index (χ4v) is 7.12. The van der Waals surface area contributed by atoms with Crippen molar-refractivity contribution in [3.05, 3.63) is 36.4 Å². The molecule has 0 radical (unpaired) electrons. The minimum absolute atomic E-state index is 0.277. The maximum absolute atomic E-state index is 14.6. The lowest BCUT2D eigenvalue weighted by atomic mass is 10.1. The van der Waals surface area contributed by atoms with E-state index in [0.717, 1.165) is 74.0 Å². The third-order valence-corrected chi connectivity index (χ3v) is 10.6. The van der Waals surface area contributed by atoms with Gasteiger partial charge in [0.2, 0.25) is 11.8 Å². The lowest BCUT2D eigenvalue weighted by Crippen LogP contribution is -2.55. The topological polar surface area (TPSA) is 94.6 Å². The molecular formula is C48H76N2O7. The Labute approximate surface area is 345 Å². The molecule has 0 spiro atoms. The number of hydrogen-bond donors (Lipinski definition) is 0. The molecule has 9 nitrogen and oxygen atoms in total. The molecule has 2 aromatic carbocycles. The lowest BCUT2D eigenvalue weighted by molar-refractivity contribution is -0.126.